The van der Waals surface area contributed by atoms with Gasteiger partial charge in [0.25, 0.3) is 0 Å². The first-order chi connectivity index (χ1) is 6.77. The summed E-state index contributed by atoms with van der Waals surface area (Å²) in [6.45, 7) is 5.89. The first-order valence-electron chi connectivity index (χ1n) is 4.96. The molecule has 1 N–H and O–H groups in total. The average Bonchev–Trinajstić information content (AvgIpc) is 2.66. The SMILES string of the molecule is CCNCCc1ncc(C(C)OC)o1. The first kappa shape index (κ1) is 11.2. The Balaban J connectivity index is 2.42. The van der Waals surface area contributed by atoms with Crippen molar-refractivity contribution in [1.82, 2.24) is 10.3 Å². The molecule has 0 saturated heterocycles. The molecule has 0 aromatic carbocycles. The average molecular weight is 198 g/mol. The zero-order chi connectivity index (χ0) is 10.4. The molecule has 0 fully saturated rings. The van der Waals surface area contributed by atoms with Gasteiger partial charge in [0, 0.05) is 20.1 Å². The fraction of sp³-hybridized carbons (Fsp3) is 0.700. The number of rotatable bonds is 6. The van der Waals surface area contributed by atoms with E-state index in [0.29, 0.717) is 0 Å². The van der Waals surface area contributed by atoms with Crippen LogP contribution in [0.2, 0.25) is 0 Å². The zero-order valence-electron chi connectivity index (χ0n) is 9.04. The van der Waals surface area contributed by atoms with Crippen LogP contribution in [0.25, 0.3) is 0 Å². The van der Waals surface area contributed by atoms with E-state index in [1.807, 2.05) is 6.92 Å². The number of methoxy groups -OCH3 is 1. The molecule has 0 saturated carbocycles. The number of likely N-dealkylation sites (N-methyl/N-ethyl adjacent to an activating group) is 1. The van der Waals surface area contributed by atoms with Gasteiger partial charge in [-0.3, -0.25) is 0 Å². The molecule has 1 aromatic heterocycles. The molecule has 14 heavy (non-hydrogen) atoms. The van der Waals surface area contributed by atoms with Gasteiger partial charge in [-0.2, -0.15) is 0 Å². The molecule has 1 atom stereocenters. The van der Waals surface area contributed by atoms with Crippen LogP contribution in [0.1, 0.15) is 31.6 Å². The fourth-order valence-electron chi connectivity index (χ4n) is 1.12. The summed E-state index contributed by atoms with van der Waals surface area (Å²) in [6.07, 6.45) is 2.54. The van der Waals surface area contributed by atoms with E-state index in [1.165, 1.54) is 0 Å². The molecule has 0 aliphatic heterocycles. The van der Waals surface area contributed by atoms with Gasteiger partial charge in [-0.15, -0.1) is 0 Å². The van der Waals surface area contributed by atoms with Crippen LogP contribution < -0.4 is 5.32 Å². The maximum atomic E-state index is 5.51. The Morgan fingerprint density at radius 3 is 3.07 bits per heavy atom. The van der Waals surface area contributed by atoms with Gasteiger partial charge in [0.1, 0.15) is 6.10 Å². The summed E-state index contributed by atoms with van der Waals surface area (Å²) in [5.74, 6) is 1.56. The molecule has 1 heterocycles. The molecule has 1 rings (SSSR count). The van der Waals surface area contributed by atoms with Gasteiger partial charge in [-0.05, 0) is 13.5 Å². The molecule has 0 amide bonds. The minimum absolute atomic E-state index is 0.0182. The van der Waals surface area contributed by atoms with Gasteiger partial charge < -0.3 is 14.5 Å². The standard InChI is InChI=1S/C10H18N2O2/c1-4-11-6-5-10-12-7-9(14-10)8(2)13-3/h7-8,11H,4-6H2,1-3H3. The molecule has 0 bridgehead atoms. The van der Waals surface area contributed by atoms with Gasteiger partial charge in [0.05, 0.1) is 6.20 Å². The summed E-state index contributed by atoms with van der Waals surface area (Å²) in [7, 11) is 1.66. The van der Waals surface area contributed by atoms with Gasteiger partial charge >= 0.3 is 0 Å². The largest absolute Gasteiger partial charge is 0.443 e. The highest BCUT2D eigenvalue weighted by atomic mass is 16.5. The monoisotopic (exact) mass is 198 g/mol. The minimum atomic E-state index is -0.0182. The van der Waals surface area contributed by atoms with Crippen LogP contribution >= 0.6 is 0 Å². The Bertz CT molecular complexity index is 260. The molecule has 0 radical (unpaired) electrons. The van der Waals surface area contributed by atoms with E-state index < -0.39 is 0 Å². The van der Waals surface area contributed by atoms with E-state index in [9.17, 15) is 0 Å². The minimum Gasteiger partial charge on any atom is -0.443 e. The number of oxazole rings is 1. The Kier molecular flexibility index (Phi) is 4.62. The lowest BCUT2D eigenvalue weighted by Crippen LogP contribution is -2.16. The van der Waals surface area contributed by atoms with Gasteiger partial charge in [0.2, 0.25) is 0 Å². The number of aromatic nitrogens is 1. The van der Waals surface area contributed by atoms with Crippen molar-refractivity contribution >= 4 is 0 Å². The maximum absolute atomic E-state index is 5.51. The van der Waals surface area contributed by atoms with E-state index in [1.54, 1.807) is 13.3 Å². The van der Waals surface area contributed by atoms with Crippen molar-refractivity contribution in [3.8, 4) is 0 Å². The fourth-order valence-corrected chi connectivity index (χ4v) is 1.12. The van der Waals surface area contributed by atoms with Crippen molar-refractivity contribution in [1.29, 1.82) is 0 Å². The third kappa shape index (κ3) is 3.12. The van der Waals surface area contributed by atoms with Crippen LogP contribution in [0.15, 0.2) is 10.6 Å². The van der Waals surface area contributed by atoms with Crippen molar-refractivity contribution in [2.75, 3.05) is 20.2 Å². The normalized spacial score (nSPS) is 13.1. The predicted molar refractivity (Wildman–Crippen MR) is 54.2 cm³/mol. The molecular weight excluding hydrogens is 180 g/mol. The van der Waals surface area contributed by atoms with Crippen molar-refractivity contribution in [2.45, 2.75) is 26.4 Å². The lowest BCUT2D eigenvalue weighted by Gasteiger charge is -2.03. The van der Waals surface area contributed by atoms with Crippen molar-refractivity contribution in [3.63, 3.8) is 0 Å². The lowest BCUT2D eigenvalue weighted by molar-refractivity contribution is 0.0983. The third-order valence-electron chi connectivity index (χ3n) is 2.09. The van der Waals surface area contributed by atoms with Crippen LogP contribution in [0.5, 0.6) is 0 Å². The molecule has 4 nitrogen and oxygen atoms in total. The quantitative estimate of drug-likeness (QED) is 0.704. The Morgan fingerprint density at radius 2 is 2.43 bits per heavy atom. The molecular formula is C10H18N2O2. The highest BCUT2D eigenvalue weighted by Crippen LogP contribution is 2.16. The number of nitrogens with zero attached hydrogens (tertiary/aromatic N) is 1. The zero-order valence-corrected chi connectivity index (χ0v) is 9.04. The Labute approximate surface area is 84.7 Å². The van der Waals surface area contributed by atoms with Crippen molar-refractivity contribution in [3.05, 3.63) is 17.8 Å². The van der Waals surface area contributed by atoms with Gasteiger partial charge in [0.15, 0.2) is 11.7 Å². The highest BCUT2D eigenvalue weighted by Gasteiger charge is 2.09. The second kappa shape index (κ2) is 5.78. The second-order valence-electron chi connectivity index (χ2n) is 3.14. The van der Waals surface area contributed by atoms with Crippen LogP contribution in [-0.4, -0.2) is 25.2 Å². The van der Waals surface area contributed by atoms with Crippen molar-refractivity contribution in [2.24, 2.45) is 0 Å². The number of ether oxygens (including phenoxy) is 1. The summed E-state index contributed by atoms with van der Waals surface area (Å²) in [4.78, 5) is 4.17. The number of nitrogens with one attached hydrogen (secondary N) is 1. The van der Waals surface area contributed by atoms with E-state index >= 15 is 0 Å². The number of hydrogen-bond donors (Lipinski definition) is 1. The molecule has 0 aliphatic carbocycles. The van der Waals surface area contributed by atoms with Crippen LogP contribution in [0, 0.1) is 0 Å². The Hall–Kier alpha value is -0.870. The predicted octanol–water partition coefficient (Wildman–Crippen LogP) is 1.53. The summed E-state index contributed by atoms with van der Waals surface area (Å²) < 4.78 is 10.6. The van der Waals surface area contributed by atoms with E-state index in [0.717, 1.165) is 31.2 Å². The Morgan fingerprint density at radius 1 is 1.64 bits per heavy atom. The van der Waals surface area contributed by atoms with Gasteiger partial charge in [-0.1, -0.05) is 6.92 Å². The summed E-state index contributed by atoms with van der Waals surface area (Å²) in [5.41, 5.74) is 0. The summed E-state index contributed by atoms with van der Waals surface area (Å²) >= 11 is 0. The first-order valence-corrected chi connectivity index (χ1v) is 4.96. The second-order valence-corrected chi connectivity index (χ2v) is 3.14. The topological polar surface area (TPSA) is 47.3 Å². The molecule has 80 valence electrons. The smallest absolute Gasteiger partial charge is 0.195 e. The maximum Gasteiger partial charge on any atom is 0.195 e. The molecule has 0 aliphatic rings. The van der Waals surface area contributed by atoms with E-state index in [4.69, 9.17) is 9.15 Å². The summed E-state index contributed by atoms with van der Waals surface area (Å²) in [6, 6.07) is 0. The molecule has 4 heteroatoms. The van der Waals surface area contributed by atoms with Crippen molar-refractivity contribution < 1.29 is 9.15 Å². The molecule has 0 spiro atoms. The summed E-state index contributed by atoms with van der Waals surface area (Å²) in [5, 5.41) is 3.22. The highest BCUT2D eigenvalue weighted by molar-refractivity contribution is 4.97. The van der Waals surface area contributed by atoms with Crippen LogP contribution in [0.4, 0.5) is 0 Å². The van der Waals surface area contributed by atoms with Gasteiger partial charge in [-0.25, -0.2) is 4.98 Å². The van der Waals surface area contributed by atoms with Crippen LogP contribution in [-0.2, 0) is 11.2 Å². The number of hydrogen-bond acceptors (Lipinski definition) is 4. The lowest BCUT2D eigenvalue weighted by atomic mass is 10.3. The van der Waals surface area contributed by atoms with E-state index in [2.05, 4.69) is 17.2 Å². The molecule has 1 aromatic rings. The van der Waals surface area contributed by atoms with Crippen LogP contribution in [0.3, 0.4) is 0 Å². The third-order valence-corrected chi connectivity index (χ3v) is 2.09. The van der Waals surface area contributed by atoms with E-state index in [-0.39, 0.29) is 6.10 Å². The molecule has 1 unspecified atom stereocenters.